The summed E-state index contributed by atoms with van der Waals surface area (Å²) >= 11 is 5.89. The van der Waals surface area contributed by atoms with Crippen molar-refractivity contribution in [1.29, 1.82) is 0 Å². The summed E-state index contributed by atoms with van der Waals surface area (Å²) in [6.45, 7) is 0.613. The summed E-state index contributed by atoms with van der Waals surface area (Å²) in [5.74, 6) is -0.426. The third-order valence-electron chi connectivity index (χ3n) is 3.55. The highest BCUT2D eigenvalue weighted by atomic mass is 35.5. The average Bonchev–Trinajstić information content (AvgIpc) is 2.86. The van der Waals surface area contributed by atoms with Gasteiger partial charge in [0.1, 0.15) is 6.04 Å². The molecule has 1 aliphatic rings. The molecule has 0 amide bonds. The molecule has 0 aromatic heterocycles. The highest BCUT2D eigenvalue weighted by Gasteiger charge is 2.34. The number of Topliss-reactive ketones (excluding diaryl/α,β-unsaturated/α-hetero) is 1. The van der Waals surface area contributed by atoms with E-state index in [2.05, 4.69) is 0 Å². The summed E-state index contributed by atoms with van der Waals surface area (Å²) < 4.78 is 0. The standard InChI is InChI=1S/C16H12ClNO2/c17-12-5-7-13(8-6-12)18-9-11-3-1-2-4-14(11)16(18)15(20)10-19/h1-8,10,16H,9H2. The molecule has 0 saturated carbocycles. The molecule has 1 atom stereocenters. The zero-order valence-corrected chi connectivity index (χ0v) is 11.4. The van der Waals surface area contributed by atoms with Gasteiger partial charge in [0, 0.05) is 17.3 Å². The van der Waals surface area contributed by atoms with Crippen molar-refractivity contribution in [3.8, 4) is 0 Å². The molecule has 3 nitrogen and oxygen atoms in total. The largest absolute Gasteiger partial charge is 0.353 e. The number of carbonyl (C=O) groups is 2. The molecule has 4 heteroatoms. The molecule has 20 heavy (non-hydrogen) atoms. The highest BCUT2D eigenvalue weighted by Crippen LogP contribution is 2.37. The number of halogens is 1. The topological polar surface area (TPSA) is 37.4 Å². The fraction of sp³-hybridized carbons (Fsp3) is 0.125. The number of hydrogen-bond donors (Lipinski definition) is 0. The van der Waals surface area contributed by atoms with E-state index in [4.69, 9.17) is 11.6 Å². The van der Waals surface area contributed by atoms with Gasteiger partial charge in [0.2, 0.25) is 5.78 Å². The number of carbonyl (C=O) groups excluding carboxylic acids is 2. The number of aldehydes is 1. The molecule has 0 N–H and O–H groups in total. The molecular weight excluding hydrogens is 274 g/mol. The van der Waals surface area contributed by atoms with Crippen LogP contribution in [0.3, 0.4) is 0 Å². The van der Waals surface area contributed by atoms with E-state index in [0.29, 0.717) is 17.9 Å². The van der Waals surface area contributed by atoms with Crippen molar-refractivity contribution in [1.82, 2.24) is 0 Å². The summed E-state index contributed by atoms with van der Waals surface area (Å²) in [6.07, 6.45) is 0.398. The monoisotopic (exact) mass is 285 g/mol. The lowest BCUT2D eigenvalue weighted by Gasteiger charge is -2.24. The van der Waals surface area contributed by atoms with Gasteiger partial charge in [0.25, 0.3) is 0 Å². The number of benzene rings is 2. The fourth-order valence-electron chi connectivity index (χ4n) is 2.63. The van der Waals surface area contributed by atoms with Crippen LogP contribution in [0.15, 0.2) is 48.5 Å². The van der Waals surface area contributed by atoms with E-state index in [1.807, 2.05) is 41.3 Å². The van der Waals surface area contributed by atoms with Crippen LogP contribution in [0.25, 0.3) is 0 Å². The highest BCUT2D eigenvalue weighted by molar-refractivity contribution is 6.30. The Labute approximate surface area is 121 Å². The molecule has 1 aliphatic heterocycles. The van der Waals surface area contributed by atoms with Crippen LogP contribution in [0, 0.1) is 0 Å². The first-order valence-corrected chi connectivity index (χ1v) is 6.67. The minimum atomic E-state index is -0.537. The van der Waals surface area contributed by atoms with Crippen LogP contribution >= 0.6 is 11.6 Å². The summed E-state index contributed by atoms with van der Waals surface area (Å²) in [5.41, 5.74) is 2.85. The molecular formula is C16H12ClNO2. The number of rotatable bonds is 3. The van der Waals surface area contributed by atoms with Gasteiger partial charge in [-0.1, -0.05) is 35.9 Å². The number of nitrogens with zero attached hydrogens (tertiary/aromatic N) is 1. The van der Waals surface area contributed by atoms with Crippen LogP contribution in [0.1, 0.15) is 17.2 Å². The van der Waals surface area contributed by atoms with E-state index >= 15 is 0 Å². The zero-order valence-electron chi connectivity index (χ0n) is 10.6. The molecule has 2 aromatic rings. The third-order valence-corrected chi connectivity index (χ3v) is 3.80. The third kappa shape index (κ3) is 2.10. The second-order valence-electron chi connectivity index (χ2n) is 4.73. The van der Waals surface area contributed by atoms with Gasteiger partial charge in [-0.2, -0.15) is 0 Å². The van der Waals surface area contributed by atoms with E-state index in [1.165, 1.54) is 0 Å². The smallest absolute Gasteiger partial charge is 0.222 e. The SMILES string of the molecule is O=CC(=O)C1c2ccccc2CN1c1ccc(Cl)cc1. The van der Waals surface area contributed by atoms with Gasteiger partial charge in [-0.05, 0) is 35.4 Å². The minimum Gasteiger partial charge on any atom is -0.353 e. The molecule has 0 bridgehead atoms. The van der Waals surface area contributed by atoms with Crippen molar-refractivity contribution >= 4 is 29.4 Å². The summed E-state index contributed by atoms with van der Waals surface area (Å²) in [4.78, 5) is 24.9. The van der Waals surface area contributed by atoms with Crippen molar-refractivity contribution in [2.24, 2.45) is 0 Å². The Hall–Kier alpha value is -2.13. The van der Waals surface area contributed by atoms with Crippen LogP contribution in [-0.4, -0.2) is 12.1 Å². The average molecular weight is 286 g/mol. The zero-order chi connectivity index (χ0) is 14.1. The van der Waals surface area contributed by atoms with Crippen LogP contribution in [-0.2, 0) is 16.1 Å². The van der Waals surface area contributed by atoms with Gasteiger partial charge in [0.15, 0.2) is 6.29 Å². The molecule has 0 radical (unpaired) electrons. The maximum atomic E-state index is 12.0. The van der Waals surface area contributed by atoms with Crippen LogP contribution in [0.4, 0.5) is 5.69 Å². The lowest BCUT2D eigenvalue weighted by Crippen LogP contribution is -2.28. The quantitative estimate of drug-likeness (QED) is 0.642. The van der Waals surface area contributed by atoms with Crippen molar-refractivity contribution in [3.05, 3.63) is 64.7 Å². The molecule has 0 fully saturated rings. The first-order chi connectivity index (χ1) is 9.70. The van der Waals surface area contributed by atoms with Crippen LogP contribution in [0.2, 0.25) is 5.02 Å². The Morgan fingerprint density at radius 2 is 1.85 bits per heavy atom. The summed E-state index contributed by atoms with van der Waals surface area (Å²) in [5, 5.41) is 0.642. The van der Waals surface area contributed by atoms with Gasteiger partial charge in [-0.3, -0.25) is 9.59 Å². The van der Waals surface area contributed by atoms with Gasteiger partial charge >= 0.3 is 0 Å². The molecule has 100 valence electrons. The second kappa shape index (κ2) is 5.10. The normalized spacial score (nSPS) is 16.9. The van der Waals surface area contributed by atoms with E-state index < -0.39 is 11.8 Å². The maximum Gasteiger partial charge on any atom is 0.222 e. The van der Waals surface area contributed by atoms with Gasteiger partial charge in [0.05, 0.1) is 0 Å². The molecule has 0 spiro atoms. The van der Waals surface area contributed by atoms with Crippen molar-refractivity contribution < 1.29 is 9.59 Å². The Balaban J connectivity index is 2.05. The number of fused-ring (bicyclic) bond motifs is 1. The van der Waals surface area contributed by atoms with E-state index in [1.54, 1.807) is 12.1 Å². The number of anilines is 1. The minimum absolute atomic E-state index is 0.398. The van der Waals surface area contributed by atoms with E-state index in [0.717, 1.165) is 16.8 Å². The predicted molar refractivity (Wildman–Crippen MR) is 77.9 cm³/mol. The van der Waals surface area contributed by atoms with Gasteiger partial charge < -0.3 is 4.90 Å². The van der Waals surface area contributed by atoms with Gasteiger partial charge in [-0.15, -0.1) is 0 Å². The second-order valence-corrected chi connectivity index (χ2v) is 5.16. The molecule has 0 aliphatic carbocycles. The molecule has 2 aromatic carbocycles. The lowest BCUT2D eigenvalue weighted by atomic mass is 10.0. The van der Waals surface area contributed by atoms with Crippen LogP contribution in [0.5, 0.6) is 0 Å². The molecule has 1 unspecified atom stereocenters. The summed E-state index contributed by atoms with van der Waals surface area (Å²) in [6, 6.07) is 14.4. The first-order valence-electron chi connectivity index (χ1n) is 6.30. The number of ketones is 1. The Morgan fingerprint density at radius 1 is 1.15 bits per heavy atom. The Kier molecular flexibility index (Phi) is 3.28. The number of hydrogen-bond acceptors (Lipinski definition) is 3. The Morgan fingerprint density at radius 3 is 2.55 bits per heavy atom. The molecule has 1 heterocycles. The van der Waals surface area contributed by atoms with Crippen LogP contribution < -0.4 is 4.90 Å². The fourth-order valence-corrected chi connectivity index (χ4v) is 2.76. The van der Waals surface area contributed by atoms with Crippen molar-refractivity contribution in [2.75, 3.05) is 4.90 Å². The van der Waals surface area contributed by atoms with E-state index in [9.17, 15) is 9.59 Å². The van der Waals surface area contributed by atoms with E-state index in [-0.39, 0.29) is 0 Å². The first kappa shape index (κ1) is 12.9. The molecule has 3 rings (SSSR count). The van der Waals surface area contributed by atoms with Crippen molar-refractivity contribution in [3.63, 3.8) is 0 Å². The lowest BCUT2D eigenvalue weighted by molar-refractivity contribution is -0.130. The van der Waals surface area contributed by atoms with Gasteiger partial charge in [-0.25, -0.2) is 0 Å². The van der Waals surface area contributed by atoms with Crippen molar-refractivity contribution in [2.45, 2.75) is 12.6 Å². The summed E-state index contributed by atoms with van der Waals surface area (Å²) in [7, 11) is 0. The molecule has 0 saturated heterocycles. The Bertz CT molecular complexity index is 666. The predicted octanol–water partition coefficient (Wildman–Crippen LogP) is 3.17. The maximum absolute atomic E-state index is 12.0.